The second kappa shape index (κ2) is 11.9. The van der Waals surface area contributed by atoms with Crippen LogP contribution in [0.1, 0.15) is 40.3 Å². The van der Waals surface area contributed by atoms with E-state index < -0.39 is 43.2 Å². The van der Waals surface area contributed by atoms with Crippen LogP contribution in [-0.4, -0.2) is 40.9 Å². The monoisotopic (exact) mass is 533 g/mol. The predicted molar refractivity (Wildman–Crippen MR) is 134 cm³/mol. The third-order valence-corrected chi connectivity index (χ3v) is 7.18. The number of nitrogens with zero attached hydrogens (tertiary/aromatic N) is 3. The van der Waals surface area contributed by atoms with Crippen LogP contribution in [0.25, 0.3) is 0 Å². The minimum atomic E-state index is -4.12. The van der Waals surface area contributed by atoms with Crippen molar-refractivity contribution < 1.29 is 27.9 Å². The molecule has 12 nitrogen and oxygen atoms in total. The molecule has 5 unspecified atom stereocenters. The first-order chi connectivity index (χ1) is 17.4. The van der Waals surface area contributed by atoms with E-state index in [1.165, 1.54) is 23.8 Å². The number of carbonyl (C=O) groups excluding carboxylic acids is 1. The number of rotatable bonds is 11. The van der Waals surface area contributed by atoms with Gasteiger partial charge in [0.2, 0.25) is 0 Å². The number of carbonyl (C=O) groups is 1. The zero-order chi connectivity index (χ0) is 27.2. The number of anilines is 1. The van der Waals surface area contributed by atoms with Crippen molar-refractivity contribution in [3.63, 3.8) is 0 Å². The van der Waals surface area contributed by atoms with E-state index >= 15 is 0 Å². The zero-order valence-electron chi connectivity index (χ0n) is 21.2. The van der Waals surface area contributed by atoms with Gasteiger partial charge in [0.05, 0.1) is 25.4 Å². The largest absolute Gasteiger partial charge is 0.464 e. The molecule has 2 aromatic rings. The second-order valence-corrected chi connectivity index (χ2v) is 11.2. The normalized spacial score (nSPS) is 23.7. The summed E-state index contributed by atoms with van der Waals surface area (Å²) >= 11 is 0. The van der Waals surface area contributed by atoms with Gasteiger partial charge in [0.25, 0.3) is 0 Å². The molecular formula is C24H32N5O7P. The molecule has 5 atom stereocenters. The van der Waals surface area contributed by atoms with Crippen molar-refractivity contribution in [2.24, 2.45) is 11.3 Å². The third-order valence-electron chi connectivity index (χ3n) is 5.54. The Kier molecular flexibility index (Phi) is 9.10. The molecule has 1 aromatic carbocycles. The molecule has 37 heavy (non-hydrogen) atoms. The van der Waals surface area contributed by atoms with Crippen molar-refractivity contribution in [2.45, 2.75) is 52.5 Å². The number of nitriles is 1. The summed E-state index contributed by atoms with van der Waals surface area (Å²) in [7, 11) is -4.12. The molecule has 1 aromatic heterocycles. The summed E-state index contributed by atoms with van der Waals surface area (Å²) in [5, 5.41) is 12.5. The van der Waals surface area contributed by atoms with Crippen molar-refractivity contribution >= 4 is 19.5 Å². The Hall–Kier alpha value is -3.23. The first-order valence-electron chi connectivity index (χ1n) is 11.8. The molecule has 0 saturated carbocycles. The molecule has 1 fully saturated rings. The van der Waals surface area contributed by atoms with Gasteiger partial charge in [-0.25, -0.2) is 9.36 Å². The maximum Gasteiger partial charge on any atom is 0.459 e. The molecule has 3 rings (SSSR count). The van der Waals surface area contributed by atoms with Gasteiger partial charge >= 0.3 is 19.4 Å². The molecule has 0 amide bonds. The maximum atomic E-state index is 13.7. The summed E-state index contributed by atoms with van der Waals surface area (Å²) in [4.78, 5) is 28.5. The van der Waals surface area contributed by atoms with Gasteiger partial charge in [-0.15, -0.1) is 0 Å². The lowest BCUT2D eigenvalue weighted by atomic mass is 9.87. The number of esters is 1. The maximum absolute atomic E-state index is 13.7. The molecule has 0 aliphatic carbocycles. The van der Waals surface area contributed by atoms with Crippen LogP contribution in [0, 0.1) is 22.7 Å². The standard InChI is InChI=1S/C24H32N5O7P/c1-16(2)13-33-21(30)17(3)28-37(32,36-18-8-6-5-7-9-18)34-14-19-12-24(4,15-25)22(35-19)29-11-10-20(26)27-23(29)31/h5-11,16-17,19,22H,12-14H2,1-4H3,(H,28,32)(H2,26,27,31). The number of nitrogens with two attached hydrogens (primary N) is 1. The highest BCUT2D eigenvalue weighted by Crippen LogP contribution is 2.48. The fourth-order valence-corrected chi connectivity index (χ4v) is 5.21. The number of hydrogen-bond donors (Lipinski definition) is 2. The predicted octanol–water partition coefficient (Wildman–Crippen LogP) is 3.02. The van der Waals surface area contributed by atoms with E-state index in [1.807, 2.05) is 13.8 Å². The number of nitrogens with one attached hydrogen (secondary N) is 1. The van der Waals surface area contributed by atoms with Gasteiger partial charge in [0.15, 0.2) is 6.23 Å². The molecule has 3 N–H and O–H groups in total. The first-order valence-corrected chi connectivity index (χ1v) is 13.3. The molecule has 1 saturated heterocycles. The molecule has 0 spiro atoms. The van der Waals surface area contributed by atoms with Crippen molar-refractivity contribution in [1.29, 1.82) is 5.26 Å². The first kappa shape index (κ1) is 28.3. The quantitative estimate of drug-likeness (QED) is 0.322. The Morgan fingerprint density at radius 2 is 2.05 bits per heavy atom. The summed E-state index contributed by atoms with van der Waals surface area (Å²) in [6.07, 6.45) is -0.123. The molecule has 1 aliphatic heterocycles. The van der Waals surface area contributed by atoms with Gasteiger partial charge in [0.1, 0.15) is 23.0 Å². The number of nitrogen functional groups attached to an aromatic ring is 1. The number of aromatic nitrogens is 2. The fraction of sp³-hybridized carbons (Fsp3) is 0.500. The number of benzene rings is 1. The van der Waals surface area contributed by atoms with E-state index in [4.69, 9.17) is 24.3 Å². The summed E-state index contributed by atoms with van der Waals surface area (Å²) in [5.74, 6) is -0.180. The summed E-state index contributed by atoms with van der Waals surface area (Å²) in [5.41, 5.74) is 3.80. The smallest absolute Gasteiger partial charge is 0.459 e. The molecule has 13 heteroatoms. The van der Waals surface area contributed by atoms with Gasteiger partial charge in [-0.05, 0) is 44.4 Å². The summed E-state index contributed by atoms with van der Waals surface area (Å²) < 4.78 is 37.4. The van der Waals surface area contributed by atoms with Crippen molar-refractivity contribution in [3.05, 3.63) is 53.1 Å². The van der Waals surface area contributed by atoms with Crippen LogP contribution in [0.3, 0.4) is 0 Å². The van der Waals surface area contributed by atoms with Crippen LogP contribution in [-0.2, 0) is 23.4 Å². The topological polar surface area (TPSA) is 168 Å². The van der Waals surface area contributed by atoms with Gasteiger partial charge in [-0.1, -0.05) is 32.0 Å². The van der Waals surface area contributed by atoms with E-state index in [1.54, 1.807) is 37.3 Å². The lowest BCUT2D eigenvalue weighted by molar-refractivity contribution is -0.146. The van der Waals surface area contributed by atoms with Gasteiger partial charge in [-0.2, -0.15) is 15.3 Å². The Balaban J connectivity index is 1.76. The van der Waals surface area contributed by atoms with Crippen LogP contribution in [0.15, 0.2) is 47.4 Å². The Morgan fingerprint density at radius 3 is 2.68 bits per heavy atom. The highest BCUT2D eigenvalue weighted by Gasteiger charge is 2.48. The van der Waals surface area contributed by atoms with Crippen molar-refractivity contribution in [3.8, 4) is 11.8 Å². The highest BCUT2D eigenvalue weighted by molar-refractivity contribution is 7.52. The van der Waals surface area contributed by atoms with Crippen molar-refractivity contribution in [2.75, 3.05) is 18.9 Å². The number of para-hydroxylation sites is 1. The second-order valence-electron chi connectivity index (χ2n) is 9.46. The lowest BCUT2D eigenvalue weighted by Gasteiger charge is -2.24. The molecule has 1 aliphatic rings. The number of hydrogen-bond acceptors (Lipinski definition) is 10. The fourth-order valence-electron chi connectivity index (χ4n) is 3.69. The Labute approximate surface area is 215 Å². The molecule has 0 bridgehead atoms. The van der Waals surface area contributed by atoms with E-state index in [9.17, 15) is 19.4 Å². The van der Waals surface area contributed by atoms with Gasteiger partial charge < -0.3 is 19.7 Å². The van der Waals surface area contributed by atoms with Crippen molar-refractivity contribution in [1.82, 2.24) is 14.6 Å². The lowest BCUT2D eigenvalue weighted by Crippen LogP contribution is -2.36. The van der Waals surface area contributed by atoms with Crippen LogP contribution in [0.2, 0.25) is 0 Å². The summed E-state index contributed by atoms with van der Waals surface area (Å²) in [6, 6.07) is 11.0. The van der Waals surface area contributed by atoms with E-state index in [-0.39, 0.29) is 37.1 Å². The molecule has 2 heterocycles. The highest BCUT2D eigenvalue weighted by atomic mass is 31.2. The molecule has 0 radical (unpaired) electrons. The molecular weight excluding hydrogens is 501 g/mol. The Bertz CT molecular complexity index is 1230. The third kappa shape index (κ3) is 7.40. The van der Waals surface area contributed by atoms with Crippen LogP contribution < -0.4 is 21.0 Å². The zero-order valence-corrected chi connectivity index (χ0v) is 22.1. The van der Waals surface area contributed by atoms with E-state index in [0.717, 1.165) is 0 Å². The van der Waals surface area contributed by atoms with Crippen LogP contribution in [0.5, 0.6) is 5.75 Å². The average molecular weight is 534 g/mol. The average Bonchev–Trinajstić information content (AvgIpc) is 3.18. The SMILES string of the molecule is CC(C)COC(=O)C(C)NP(=O)(OCC1CC(C)(C#N)C(n2ccc(N)nc2=O)O1)Oc1ccccc1. The number of ether oxygens (including phenoxy) is 2. The van der Waals surface area contributed by atoms with Gasteiger partial charge in [0, 0.05) is 6.20 Å². The van der Waals surface area contributed by atoms with E-state index in [0.29, 0.717) is 0 Å². The van der Waals surface area contributed by atoms with Crippen LogP contribution in [0.4, 0.5) is 5.82 Å². The minimum Gasteiger partial charge on any atom is -0.464 e. The summed E-state index contributed by atoms with van der Waals surface area (Å²) in [6.45, 7) is 6.88. The minimum absolute atomic E-state index is 0.0453. The Morgan fingerprint density at radius 1 is 1.35 bits per heavy atom. The van der Waals surface area contributed by atoms with Gasteiger partial charge in [-0.3, -0.25) is 13.9 Å². The van der Waals surface area contributed by atoms with Crippen LogP contribution >= 0.6 is 7.75 Å². The van der Waals surface area contributed by atoms with E-state index in [2.05, 4.69) is 16.1 Å². The molecule has 200 valence electrons.